The quantitative estimate of drug-likeness (QED) is 0.471. The predicted molar refractivity (Wildman–Crippen MR) is 115 cm³/mol. The van der Waals surface area contributed by atoms with Crippen LogP contribution < -0.4 is 14.4 Å². The first-order valence-electron chi connectivity index (χ1n) is 9.42. The summed E-state index contributed by atoms with van der Waals surface area (Å²) in [6.07, 6.45) is 1.57. The molecule has 4 rings (SSSR count). The molecule has 3 aromatic carbocycles. The van der Waals surface area contributed by atoms with E-state index >= 15 is 0 Å². The Bertz CT molecular complexity index is 1120. The smallest absolute Gasteiger partial charge is 0.265 e. The molecule has 0 spiro atoms. The van der Waals surface area contributed by atoms with Crippen molar-refractivity contribution >= 4 is 29.4 Å². The Morgan fingerprint density at radius 2 is 1.57 bits per heavy atom. The first-order chi connectivity index (χ1) is 14.6. The van der Waals surface area contributed by atoms with Gasteiger partial charge in [0, 0.05) is 11.8 Å². The molecule has 1 heterocycles. The van der Waals surface area contributed by atoms with Crippen molar-refractivity contribution in [3.05, 3.63) is 83.9 Å². The molecular weight excluding hydrogens is 380 g/mol. The first kappa shape index (κ1) is 19.4. The van der Waals surface area contributed by atoms with E-state index < -0.39 is 5.92 Å². The van der Waals surface area contributed by atoms with Gasteiger partial charge in [0.25, 0.3) is 5.91 Å². The van der Waals surface area contributed by atoms with Crippen molar-refractivity contribution in [2.45, 2.75) is 5.92 Å². The maximum atomic E-state index is 13.4. The summed E-state index contributed by atoms with van der Waals surface area (Å²) in [5.41, 5.74) is 2.20. The van der Waals surface area contributed by atoms with Gasteiger partial charge in [-0.1, -0.05) is 30.3 Å². The van der Waals surface area contributed by atoms with Crippen LogP contribution in [0.3, 0.4) is 0 Å². The number of fused-ring (bicyclic) bond motifs is 1. The van der Waals surface area contributed by atoms with E-state index in [4.69, 9.17) is 9.47 Å². The Morgan fingerprint density at radius 1 is 0.867 bits per heavy atom. The van der Waals surface area contributed by atoms with Crippen LogP contribution >= 0.6 is 0 Å². The number of carbonyl (C=O) groups is 2. The third-order valence-electron chi connectivity index (χ3n) is 4.99. The minimum Gasteiger partial charge on any atom is -0.497 e. The van der Waals surface area contributed by atoms with Crippen LogP contribution in [0, 0.1) is 0 Å². The second kappa shape index (κ2) is 8.21. The first-order valence-corrected chi connectivity index (χ1v) is 9.42. The number of imide groups is 1. The van der Waals surface area contributed by atoms with Gasteiger partial charge in [0.1, 0.15) is 23.1 Å². The van der Waals surface area contributed by atoms with Gasteiger partial charge in [-0.2, -0.15) is 0 Å². The molecule has 1 unspecified atom stereocenters. The average Bonchev–Trinajstić information content (AvgIpc) is 2.80. The maximum absolute atomic E-state index is 13.4. The van der Waals surface area contributed by atoms with Gasteiger partial charge in [0.05, 0.1) is 19.9 Å². The van der Waals surface area contributed by atoms with E-state index in [2.05, 4.69) is 4.99 Å². The standard InChI is InChI=1S/C24H20N2O4/c1-29-17-13-11-16(12-14-17)26-23(27)19-8-4-3-7-18(19)20(24(26)28)15-25-21-9-5-6-10-22(21)30-2/h3-15,20H,1-2H3. The number of carbonyl (C=O) groups excluding carboxylic acids is 2. The lowest BCUT2D eigenvalue weighted by molar-refractivity contribution is -0.118. The zero-order valence-corrected chi connectivity index (χ0v) is 16.6. The number of methoxy groups -OCH3 is 2. The summed E-state index contributed by atoms with van der Waals surface area (Å²) in [5.74, 6) is -0.171. The lowest BCUT2D eigenvalue weighted by Gasteiger charge is -2.31. The van der Waals surface area contributed by atoms with Crippen LogP contribution in [-0.2, 0) is 4.79 Å². The van der Waals surface area contributed by atoms with Gasteiger partial charge in [0.15, 0.2) is 0 Å². The largest absolute Gasteiger partial charge is 0.497 e. The molecule has 0 saturated heterocycles. The van der Waals surface area contributed by atoms with E-state index in [1.807, 2.05) is 18.2 Å². The highest BCUT2D eigenvalue weighted by Crippen LogP contribution is 2.34. The summed E-state index contributed by atoms with van der Waals surface area (Å²) < 4.78 is 10.5. The maximum Gasteiger partial charge on any atom is 0.265 e. The Morgan fingerprint density at radius 3 is 2.30 bits per heavy atom. The van der Waals surface area contributed by atoms with Crippen LogP contribution in [0.25, 0.3) is 0 Å². The number of nitrogens with zero attached hydrogens (tertiary/aromatic N) is 2. The van der Waals surface area contributed by atoms with Crippen LogP contribution in [0.15, 0.2) is 77.8 Å². The van der Waals surface area contributed by atoms with Gasteiger partial charge >= 0.3 is 0 Å². The SMILES string of the molecule is COc1ccc(N2C(=O)c3ccccc3C(C=Nc3ccccc3OC)C2=O)cc1. The summed E-state index contributed by atoms with van der Waals surface area (Å²) >= 11 is 0. The third-order valence-corrected chi connectivity index (χ3v) is 4.99. The van der Waals surface area contributed by atoms with Crippen molar-refractivity contribution < 1.29 is 19.1 Å². The number of para-hydroxylation sites is 2. The van der Waals surface area contributed by atoms with Crippen molar-refractivity contribution in [3.63, 3.8) is 0 Å². The second-order valence-electron chi connectivity index (χ2n) is 6.69. The number of hydrogen-bond donors (Lipinski definition) is 0. The number of rotatable bonds is 5. The van der Waals surface area contributed by atoms with Gasteiger partial charge in [0.2, 0.25) is 5.91 Å². The Balaban J connectivity index is 1.77. The molecule has 3 aromatic rings. The summed E-state index contributed by atoms with van der Waals surface area (Å²) in [7, 11) is 3.13. The molecule has 150 valence electrons. The summed E-state index contributed by atoms with van der Waals surface area (Å²) in [5, 5.41) is 0. The molecule has 0 aromatic heterocycles. The lowest BCUT2D eigenvalue weighted by Crippen LogP contribution is -2.45. The fourth-order valence-electron chi connectivity index (χ4n) is 3.47. The van der Waals surface area contributed by atoms with E-state index in [0.29, 0.717) is 34.0 Å². The zero-order chi connectivity index (χ0) is 21.1. The normalized spacial score (nSPS) is 15.9. The summed E-state index contributed by atoms with van der Waals surface area (Å²) in [6.45, 7) is 0. The molecule has 6 nitrogen and oxygen atoms in total. The van der Waals surface area contributed by atoms with E-state index in [-0.39, 0.29) is 11.8 Å². The van der Waals surface area contributed by atoms with E-state index in [9.17, 15) is 9.59 Å². The van der Waals surface area contributed by atoms with E-state index in [1.54, 1.807) is 75.0 Å². The minimum absolute atomic E-state index is 0.359. The highest BCUT2D eigenvalue weighted by Gasteiger charge is 2.38. The number of benzene rings is 3. The molecule has 30 heavy (non-hydrogen) atoms. The van der Waals surface area contributed by atoms with Crippen molar-refractivity contribution in [3.8, 4) is 11.5 Å². The van der Waals surface area contributed by atoms with Crippen molar-refractivity contribution in [1.29, 1.82) is 0 Å². The Hall–Kier alpha value is -3.93. The molecule has 0 N–H and O–H groups in total. The van der Waals surface area contributed by atoms with E-state index in [0.717, 1.165) is 0 Å². The van der Waals surface area contributed by atoms with Gasteiger partial charge in [-0.25, -0.2) is 4.90 Å². The van der Waals surface area contributed by atoms with Gasteiger partial charge < -0.3 is 9.47 Å². The Kier molecular flexibility index (Phi) is 5.30. The third kappa shape index (κ3) is 3.43. The highest BCUT2D eigenvalue weighted by molar-refractivity contribution is 6.29. The van der Waals surface area contributed by atoms with Crippen LogP contribution in [-0.4, -0.2) is 32.2 Å². The molecule has 1 aliphatic heterocycles. The van der Waals surface area contributed by atoms with Crippen LogP contribution in [0.1, 0.15) is 21.8 Å². The molecular formula is C24H20N2O4. The molecule has 1 atom stereocenters. The molecule has 6 heteroatoms. The predicted octanol–water partition coefficient (Wildman–Crippen LogP) is 4.38. The number of ether oxygens (including phenoxy) is 2. The zero-order valence-electron chi connectivity index (χ0n) is 16.6. The lowest BCUT2D eigenvalue weighted by atomic mass is 9.89. The molecule has 1 aliphatic rings. The topological polar surface area (TPSA) is 68.2 Å². The molecule has 0 aliphatic carbocycles. The van der Waals surface area contributed by atoms with Crippen molar-refractivity contribution in [2.24, 2.45) is 4.99 Å². The van der Waals surface area contributed by atoms with Gasteiger partial charge in [-0.05, 0) is 48.0 Å². The van der Waals surface area contributed by atoms with E-state index in [1.165, 1.54) is 4.90 Å². The Labute approximate surface area is 174 Å². The van der Waals surface area contributed by atoms with Crippen molar-refractivity contribution in [2.75, 3.05) is 19.1 Å². The molecule has 2 amide bonds. The highest BCUT2D eigenvalue weighted by atomic mass is 16.5. The average molecular weight is 400 g/mol. The van der Waals surface area contributed by atoms with Crippen molar-refractivity contribution in [1.82, 2.24) is 0 Å². The number of aliphatic imine (C=N–C) groups is 1. The van der Waals surface area contributed by atoms with Crippen LogP contribution in [0.4, 0.5) is 11.4 Å². The molecule has 0 saturated carbocycles. The van der Waals surface area contributed by atoms with Gasteiger partial charge in [-0.3, -0.25) is 14.6 Å². The molecule has 0 radical (unpaired) electrons. The summed E-state index contributed by atoms with van der Waals surface area (Å²) in [6, 6.07) is 21.2. The molecule has 0 bridgehead atoms. The number of hydrogen-bond acceptors (Lipinski definition) is 5. The van der Waals surface area contributed by atoms with Crippen LogP contribution in [0.2, 0.25) is 0 Å². The summed E-state index contributed by atoms with van der Waals surface area (Å²) in [4.78, 5) is 32.2. The monoisotopic (exact) mass is 400 g/mol. The van der Waals surface area contributed by atoms with Crippen LogP contribution in [0.5, 0.6) is 11.5 Å². The second-order valence-corrected chi connectivity index (χ2v) is 6.69. The minimum atomic E-state index is -0.703. The molecule has 0 fully saturated rings. The fourth-order valence-corrected chi connectivity index (χ4v) is 3.47. The van der Waals surface area contributed by atoms with Gasteiger partial charge in [-0.15, -0.1) is 0 Å². The number of amides is 2. The fraction of sp³-hybridized carbons (Fsp3) is 0.125. The number of anilines is 1.